The van der Waals surface area contributed by atoms with Gasteiger partial charge in [-0.25, -0.2) is 4.98 Å². The zero-order valence-electron chi connectivity index (χ0n) is 5.31. The number of nitrogens with zero attached hydrogens (tertiary/aromatic N) is 2. The molecule has 0 aromatic carbocycles. The highest BCUT2D eigenvalue weighted by molar-refractivity contribution is 6.33. The molecule has 0 saturated heterocycles. The van der Waals surface area contributed by atoms with Crippen LogP contribution in [0.1, 0.15) is 5.56 Å². The van der Waals surface area contributed by atoms with Crippen LogP contribution in [0.15, 0.2) is 6.07 Å². The van der Waals surface area contributed by atoms with Crippen molar-refractivity contribution in [3.8, 4) is 6.07 Å². The number of rotatable bonds is 0. The maximum Gasteiger partial charge on any atom is 0.150 e. The number of hydrogen-bond donors (Lipinski definition) is 1. The van der Waals surface area contributed by atoms with E-state index in [1.54, 1.807) is 0 Å². The van der Waals surface area contributed by atoms with E-state index in [1.807, 2.05) is 6.07 Å². The van der Waals surface area contributed by atoms with Crippen molar-refractivity contribution in [3.05, 3.63) is 21.9 Å². The van der Waals surface area contributed by atoms with Crippen molar-refractivity contribution in [1.82, 2.24) is 4.98 Å². The molecule has 1 heterocycles. The Kier molecular flexibility index (Phi) is 2.18. The van der Waals surface area contributed by atoms with E-state index in [-0.39, 0.29) is 21.6 Å². The number of hydrogen-bond acceptors (Lipinski definition) is 3. The Labute approximate surface area is 73.4 Å². The zero-order valence-corrected chi connectivity index (χ0v) is 6.82. The third-order valence-corrected chi connectivity index (χ3v) is 1.55. The summed E-state index contributed by atoms with van der Waals surface area (Å²) in [4.78, 5) is 3.63. The number of pyridine rings is 1. The lowest BCUT2D eigenvalue weighted by atomic mass is 10.3. The summed E-state index contributed by atoms with van der Waals surface area (Å²) in [7, 11) is 0. The maximum atomic E-state index is 8.49. The van der Waals surface area contributed by atoms with Gasteiger partial charge in [0.05, 0.1) is 5.69 Å². The molecule has 0 atom stereocenters. The predicted molar refractivity (Wildman–Crippen MR) is 43.4 cm³/mol. The van der Waals surface area contributed by atoms with Crippen LogP contribution in [0.5, 0.6) is 0 Å². The fourth-order valence-corrected chi connectivity index (χ4v) is 1.10. The van der Waals surface area contributed by atoms with Crippen molar-refractivity contribution in [2.45, 2.75) is 0 Å². The molecule has 1 aromatic heterocycles. The lowest BCUT2D eigenvalue weighted by Gasteiger charge is -1.98. The van der Waals surface area contributed by atoms with Gasteiger partial charge in [-0.05, 0) is 6.07 Å². The first-order chi connectivity index (χ1) is 5.15. The van der Waals surface area contributed by atoms with Crippen molar-refractivity contribution >= 4 is 28.9 Å². The largest absolute Gasteiger partial charge is 0.397 e. The molecule has 5 heteroatoms. The topological polar surface area (TPSA) is 62.7 Å². The summed E-state index contributed by atoms with van der Waals surface area (Å²) in [6.45, 7) is 0. The predicted octanol–water partition coefficient (Wildman–Crippen LogP) is 1.84. The molecular weight excluding hydrogens is 185 g/mol. The average Bonchev–Trinajstić information content (AvgIpc) is 1.85. The van der Waals surface area contributed by atoms with Gasteiger partial charge in [-0.1, -0.05) is 23.2 Å². The van der Waals surface area contributed by atoms with Crippen LogP contribution in [0, 0.1) is 11.3 Å². The monoisotopic (exact) mass is 187 g/mol. The van der Waals surface area contributed by atoms with Crippen molar-refractivity contribution in [2.24, 2.45) is 0 Å². The second kappa shape index (κ2) is 2.95. The van der Waals surface area contributed by atoms with Crippen molar-refractivity contribution < 1.29 is 0 Å². The first kappa shape index (κ1) is 8.12. The SMILES string of the molecule is N#Cc1c(N)cc(Cl)nc1Cl. The van der Waals surface area contributed by atoms with Gasteiger partial charge in [-0.2, -0.15) is 5.26 Å². The third-order valence-electron chi connectivity index (χ3n) is 1.09. The van der Waals surface area contributed by atoms with Crippen LogP contribution in [0.25, 0.3) is 0 Å². The van der Waals surface area contributed by atoms with Gasteiger partial charge in [0.1, 0.15) is 16.8 Å². The molecule has 0 unspecified atom stereocenters. The quantitative estimate of drug-likeness (QED) is 0.631. The standard InChI is InChI=1S/C6H3Cl2N3/c7-5-1-4(10)3(2-9)6(8)11-5/h1H,(H2,10,11). The molecule has 0 aliphatic carbocycles. The molecule has 0 aliphatic rings. The van der Waals surface area contributed by atoms with Gasteiger partial charge >= 0.3 is 0 Å². The summed E-state index contributed by atoms with van der Waals surface area (Å²) in [5.41, 5.74) is 5.81. The normalized spacial score (nSPS) is 9.18. The molecule has 0 radical (unpaired) electrons. The van der Waals surface area contributed by atoms with Crippen LogP contribution in [0.4, 0.5) is 5.69 Å². The smallest absolute Gasteiger partial charge is 0.150 e. The first-order valence-corrected chi connectivity index (χ1v) is 3.42. The Bertz CT molecular complexity index is 306. The molecule has 0 spiro atoms. The van der Waals surface area contributed by atoms with Gasteiger partial charge < -0.3 is 5.73 Å². The molecular formula is C6H3Cl2N3. The molecule has 0 bridgehead atoms. The Morgan fingerprint density at radius 1 is 1.55 bits per heavy atom. The van der Waals surface area contributed by atoms with Crippen LogP contribution in [0.3, 0.4) is 0 Å². The minimum absolute atomic E-state index is 0.0394. The van der Waals surface area contributed by atoms with Crippen LogP contribution < -0.4 is 5.73 Å². The highest BCUT2D eigenvalue weighted by Gasteiger charge is 2.06. The van der Waals surface area contributed by atoms with Gasteiger partial charge in [0.15, 0.2) is 5.15 Å². The summed E-state index contributed by atoms with van der Waals surface area (Å²) in [6, 6.07) is 3.19. The van der Waals surface area contributed by atoms with E-state index in [2.05, 4.69) is 4.98 Å². The Hall–Kier alpha value is -0.980. The minimum atomic E-state index is 0.0394. The average molecular weight is 188 g/mol. The highest BCUT2D eigenvalue weighted by Crippen LogP contribution is 2.22. The fourth-order valence-electron chi connectivity index (χ4n) is 0.612. The summed E-state index contributed by atoms with van der Waals surface area (Å²) in [6.07, 6.45) is 0. The molecule has 0 saturated carbocycles. The Morgan fingerprint density at radius 3 is 2.64 bits per heavy atom. The number of anilines is 1. The lowest BCUT2D eigenvalue weighted by molar-refractivity contribution is 1.30. The zero-order chi connectivity index (χ0) is 8.43. The van der Waals surface area contributed by atoms with Gasteiger partial charge in [0.2, 0.25) is 0 Å². The van der Waals surface area contributed by atoms with E-state index >= 15 is 0 Å². The summed E-state index contributed by atoms with van der Waals surface area (Å²) >= 11 is 11.0. The van der Waals surface area contributed by atoms with E-state index in [4.69, 9.17) is 34.2 Å². The second-order valence-electron chi connectivity index (χ2n) is 1.81. The van der Waals surface area contributed by atoms with Crippen LogP contribution in [-0.4, -0.2) is 4.98 Å². The molecule has 3 nitrogen and oxygen atoms in total. The molecule has 0 amide bonds. The molecule has 11 heavy (non-hydrogen) atoms. The van der Waals surface area contributed by atoms with Crippen LogP contribution in [0.2, 0.25) is 10.3 Å². The van der Waals surface area contributed by atoms with Crippen molar-refractivity contribution in [2.75, 3.05) is 5.73 Å². The molecule has 0 fully saturated rings. The van der Waals surface area contributed by atoms with Crippen molar-refractivity contribution in [1.29, 1.82) is 5.26 Å². The number of nitrogen functional groups attached to an aromatic ring is 1. The second-order valence-corrected chi connectivity index (χ2v) is 2.56. The molecule has 1 aromatic rings. The van der Waals surface area contributed by atoms with Crippen LogP contribution >= 0.6 is 23.2 Å². The molecule has 2 N–H and O–H groups in total. The van der Waals surface area contributed by atoms with Crippen LogP contribution in [-0.2, 0) is 0 Å². The minimum Gasteiger partial charge on any atom is -0.397 e. The Balaban J connectivity index is 3.40. The van der Waals surface area contributed by atoms with E-state index in [0.29, 0.717) is 0 Å². The summed E-state index contributed by atoms with van der Waals surface area (Å²) in [5, 5.41) is 8.72. The van der Waals surface area contributed by atoms with E-state index in [9.17, 15) is 0 Å². The Morgan fingerprint density at radius 2 is 2.18 bits per heavy atom. The van der Waals surface area contributed by atoms with E-state index < -0.39 is 0 Å². The highest BCUT2D eigenvalue weighted by atomic mass is 35.5. The van der Waals surface area contributed by atoms with E-state index in [1.165, 1.54) is 6.07 Å². The lowest BCUT2D eigenvalue weighted by Crippen LogP contribution is -1.93. The van der Waals surface area contributed by atoms with E-state index in [0.717, 1.165) is 0 Å². The van der Waals surface area contributed by atoms with Gasteiger partial charge in [-0.15, -0.1) is 0 Å². The fraction of sp³-hybridized carbons (Fsp3) is 0. The summed E-state index contributed by atoms with van der Waals surface area (Å²) in [5.74, 6) is 0. The van der Waals surface area contributed by atoms with Crippen molar-refractivity contribution in [3.63, 3.8) is 0 Å². The maximum absolute atomic E-state index is 8.49. The molecule has 0 aliphatic heterocycles. The van der Waals surface area contributed by atoms with Gasteiger partial charge in [0.25, 0.3) is 0 Å². The summed E-state index contributed by atoms with van der Waals surface area (Å²) < 4.78 is 0. The number of aromatic nitrogens is 1. The molecule has 1 rings (SSSR count). The van der Waals surface area contributed by atoms with Gasteiger partial charge in [-0.3, -0.25) is 0 Å². The van der Waals surface area contributed by atoms with Gasteiger partial charge in [0, 0.05) is 0 Å². The number of nitrogens with two attached hydrogens (primary N) is 1. The molecule has 56 valence electrons. The third kappa shape index (κ3) is 1.53. The first-order valence-electron chi connectivity index (χ1n) is 2.66. The number of nitriles is 1. The number of halogens is 2.